The zero-order valence-corrected chi connectivity index (χ0v) is 17.5. The van der Waals surface area contributed by atoms with Gasteiger partial charge in [0.15, 0.2) is 8.68 Å². The molecule has 0 radical (unpaired) electrons. The lowest BCUT2D eigenvalue weighted by Crippen LogP contribution is -2.19. The van der Waals surface area contributed by atoms with E-state index in [0.29, 0.717) is 0 Å². The molecule has 3 rings (SSSR count). The van der Waals surface area contributed by atoms with Crippen LogP contribution in [0.3, 0.4) is 0 Å². The van der Waals surface area contributed by atoms with Crippen molar-refractivity contribution in [1.29, 1.82) is 0 Å². The molecule has 0 saturated heterocycles. The van der Waals surface area contributed by atoms with Gasteiger partial charge in [-0.1, -0.05) is 65.2 Å². The van der Waals surface area contributed by atoms with Gasteiger partial charge in [-0.15, -0.1) is 10.2 Å². The molecule has 1 N–H and O–H groups in total. The number of hydrogen-bond acceptors (Lipinski definition) is 8. The summed E-state index contributed by atoms with van der Waals surface area (Å²) in [7, 11) is 0. The maximum absolute atomic E-state index is 11.9. The van der Waals surface area contributed by atoms with E-state index in [1.54, 1.807) is 24.2 Å². The highest BCUT2D eigenvalue weighted by Gasteiger charge is 2.08. The number of hydrogen-bond donors (Lipinski definition) is 1. The minimum absolute atomic E-state index is 0.194. The lowest BCUT2D eigenvalue weighted by atomic mass is 10.2. The van der Waals surface area contributed by atoms with Gasteiger partial charge in [-0.25, -0.2) is 5.43 Å². The SMILES string of the molecule is CC(/C=N/NC(=O)CSc1nnc(SCc2ccccc2)s1)=C\c1ccco1. The first-order valence-electron chi connectivity index (χ1n) is 8.36. The Morgan fingerprint density at radius 1 is 1.18 bits per heavy atom. The van der Waals surface area contributed by atoms with E-state index >= 15 is 0 Å². The Kier molecular flexibility index (Phi) is 7.89. The van der Waals surface area contributed by atoms with Gasteiger partial charge in [0.25, 0.3) is 5.91 Å². The number of nitrogens with one attached hydrogen (secondary N) is 1. The molecule has 1 amide bonds. The van der Waals surface area contributed by atoms with E-state index in [1.807, 2.05) is 43.3 Å². The van der Waals surface area contributed by atoms with Crippen LogP contribution < -0.4 is 5.43 Å². The minimum atomic E-state index is -0.194. The number of amides is 1. The first-order chi connectivity index (χ1) is 13.7. The van der Waals surface area contributed by atoms with E-state index in [2.05, 4.69) is 32.9 Å². The van der Waals surface area contributed by atoms with Gasteiger partial charge in [0.2, 0.25) is 0 Å². The van der Waals surface area contributed by atoms with Crippen LogP contribution in [0.15, 0.2) is 72.5 Å². The molecule has 3 aromatic rings. The summed E-state index contributed by atoms with van der Waals surface area (Å²) in [5.41, 5.74) is 4.62. The topological polar surface area (TPSA) is 80.4 Å². The average Bonchev–Trinajstić information content (AvgIpc) is 3.37. The fourth-order valence-electron chi connectivity index (χ4n) is 2.03. The molecule has 0 aliphatic heterocycles. The molecule has 1 aromatic carbocycles. The zero-order valence-electron chi connectivity index (χ0n) is 15.1. The summed E-state index contributed by atoms with van der Waals surface area (Å²) in [6, 6.07) is 13.9. The summed E-state index contributed by atoms with van der Waals surface area (Å²) >= 11 is 4.48. The average molecular weight is 431 g/mol. The normalized spacial score (nSPS) is 11.8. The summed E-state index contributed by atoms with van der Waals surface area (Å²) in [5, 5.41) is 12.2. The second-order valence-electron chi connectivity index (χ2n) is 5.59. The lowest BCUT2D eigenvalue weighted by molar-refractivity contribution is -0.118. The van der Waals surface area contributed by atoms with Crippen molar-refractivity contribution in [2.75, 3.05) is 5.75 Å². The van der Waals surface area contributed by atoms with Gasteiger partial charge < -0.3 is 4.42 Å². The highest BCUT2D eigenvalue weighted by Crippen LogP contribution is 2.30. The van der Waals surface area contributed by atoms with E-state index < -0.39 is 0 Å². The number of carbonyl (C=O) groups excluding carboxylic acids is 1. The smallest absolute Gasteiger partial charge is 0.250 e. The molecular weight excluding hydrogens is 412 g/mol. The largest absolute Gasteiger partial charge is 0.465 e. The van der Waals surface area contributed by atoms with Crippen molar-refractivity contribution in [2.45, 2.75) is 21.4 Å². The molecule has 0 unspecified atom stereocenters. The second kappa shape index (κ2) is 10.8. The number of nitrogens with zero attached hydrogens (tertiary/aromatic N) is 3. The van der Waals surface area contributed by atoms with Crippen LogP contribution in [0, 0.1) is 0 Å². The summed E-state index contributed by atoms with van der Waals surface area (Å²) in [4.78, 5) is 11.9. The highest BCUT2D eigenvalue weighted by atomic mass is 32.2. The maximum atomic E-state index is 11.9. The third-order valence-electron chi connectivity index (χ3n) is 3.29. The predicted octanol–water partition coefficient (Wildman–Crippen LogP) is 4.72. The van der Waals surface area contributed by atoms with Gasteiger partial charge in [-0.3, -0.25) is 4.79 Å². The van der Waals surface area contributed by atoms with E-state index in [0.717, 1.165) is 25.8 Å². The number of hydrazone groups is 1. The molecule has 0 fully saturated rings. The molecule has 9 heteroatoms. The Bertz CT molecular complexity index is 937. The van der Waals surface area contributed by atoms with Crippen molar-refractivity contribution in [1.82, 2.24) is 15.6 Å². The van der Waals surface area contributed by atoms with Crippen LogP contribution in [0.1, 0.15) is 18.2 Å². The molecule has 0 bridgehead atoms. The van der Waals surface area contributed by atoms with Crippen LogP contribution in [0.25, 0.3) is 6.08 Å². The van der Waals surface area contributed by atoms with Crippen molar-refractivity contribution < 1.29 is 9.21 Å². The summed E-state index contributed by atoms with van der Waals surface area (Å²) in [6.07, 6.45) is 5.02. The first kappa shape index (κ1) is 20.4. The van der Waals surface area contributed by atoms with Crippen LogP contribution in [-0.4, -0.2) is 28.1 Å². The van der Waals surface area contributed by atoms with E-state index in [1.165, 1.54) is 28.7 Å². The first-order valence-corrected chi connectivity index (χ1v) is 11.1. The molecule has 6 nitrogen and oxygen atoms in total. The Balaban J connectivity index is 1.38. The van der Waals surface area contributed by atoms with Gasteiger partial charge in [0.1, 0.15) is 5.76 Å². The number of allylic oxidation sites excluding steroid dienone is 1. The fraction of sp³-hybridized carbons (Fsp3) is 0.158. The number of carbonyl (C=O) groups is 1. The highest BCUT2D eigenvalue weighted by molar-refractivity contribution is 8.03. The van der Waals surface area contributed by atoms with Gasteiger partial charge in [0.05, 0.1) is 18.2 Å². The van der Waals surface area contributed by atoms with E-state index in [9.17, 15) is 4.79 Å². The number of benzene rings is 1. The zero-order chi connectivity index (χ0) is 19.6. The fourth-order valence-corrected chi connectivity index (χ4v) is 4.80. The number of furan rings is 1. The van der Waals surface area contributed by atoms with Crippen molar-refractivity contribution in [2.24, 2.45) is 5.10 Å². The van der Waals surface area contributed by atoms with Crippen molar-refractivity contribution in [3.8, 4) is 0 Å². The van der Waals surface area contributed by atoms with Gasteiger partial charge in [0, 0.05) is 5.75 Å². The molecule has 2 heterocycles. The Morgan fingerprint density at radius 3 is 2.71 bits per heavy atom. The number of aromatic nitrogens is 2. The van der Waals surface area contributed by atoms with Crippen LogP contribution in [-0.2, 0) is 10.5 Å². The van der Waals surface area contributed by atoms with Crippen LogP contribution in [0.4, 0.5) is 0 Å². The Morgan fingerprint density at radius 2 is 1.96 bits per heavy atom. The minimum Gasteiger partial charge on any atom is -0.465 e. The molecule has 0 aliphatic rings. The van der Waals surface area contributed by atoms with Gasteiger partial charge >= 0.3 is 0 Å². The third kappa shape index (κ3) is 6.99. The molecule has 144 valence electrons. The van der Waals surface area contributed by atoms with Gasteiger partial charge in [-0.2, -0.15) is 5.10 Å². The van der Waals surface area contributed by atoms with Crippen LogP contribution in [0.5, 0.6) is 0 Å². The van der Waals surface area contributed by atoms with Crippen LogP contribution >= 0.6 is 34.9 Å². The second-order valence-corrected chi connectivity index (χ2v) is 9.02. The van der Waals surface area contributed by atoms with Crippen molar-refractivity contribution >= 4 is 53.1 Å². The Labute approximate surface area is 175 Å². The number of rotatable bonds is 9. The molecule has 0 aliphatic carbocycles. The maximum Gasteiger partial charge on any atom is 0.250 e. The predicted molar refractivity (Wildman–Crippen MR) is 116 cm³/mol. The van der Waals surface area contributed by atoms with Gasteiger partial charge in [-0.05, 0) is 36.3 Å². The lowest BCUT2D eigenvalue weighted by Gasteiger charge is -1.97. The van der Waals surface area contributed by atoms with Crippen molar-refractivity contribution in [3.05, 3.63) is 65.6 Å². The van der Waals surface area contributed by atoms with E-state index in [-0.39, 0.29) is 11.7 Å². The molecular formula is C19H18N4O2S3. The molecule has 2 aromatic heterocycles. The van der Waals surface area contributed by atoms with Crippen molar-refractivity contribution in [3.63, 3.8) is 0 Å². The standard InChI is InChI=1S/C19H18N4O2S3/c1-14(10-16-8-5-9-25-16)11-20-21-17(24)13-27-19-23-22-18(28-19)26-12-15-6-3-2-4-7-15/h2-11H,12-13H2,1H3,(H,21,24)/b14-10+,20-11+. The quantitative estimate of drug-likeness (QED) is 0.301. The molecule has 28 heavy (non-hydrogen) atoms. The summed E-state index contributed by atoms with van der Waals surface area (Å²) in [5.74, 6) is 1.63. The number of thioether (sulfide) groups is 2. The summed E-state index contributed by atoms with van der Waals surface area (Å²) < 4.78 is 6.88. The third-order valence-corrected chi connectivity index (χ3v) is 6.55. The summed E-state index contributed by atoms with van der Waals surface area (Å²) in [6.45, 7) is 1.88. The van der Waals surface area contributed by atoms with Crippen LogP contribution in [0.2, 0.25) is 0 Å². The monoisotopic (exact) mass is 430 g/mol. The molecule has 0 atom stereocenters. The molecule has 0 saturated carbocycles. The van der Waals surface area contributed by atoms with E-state index in [4.69, 9.17) is 4.42 Å². The molecule has 0 spiro atoms. The Hall–Kier alpha value is -2.36.